The van der Waals surface area contributed by atoms with E-state index < -0.39 is 5.60 Å². The van der Waals surface area contributed by atoms with Gasteiger partial charge in [0.25, 0.3) is 0 Å². The molecule has 0 aromatic heterocycles. The molecule has 4 rings (SSSR count). The molecule has 24 heavy (non-hydrogen) atoms. The molecule has 0 aromatic carbocycles. The Balaban J connectivity index is 1.66. The zero-order valence-corrected chi connectivity index (χ0v) is 15.4. The molecule has 134 valence electrons. The van der Waals surface area contributed by atoms with Crippen molar-refractivity contribution in [3.05, 3.63) is 0 Å². The maximum absolute atomic E-state index is 12.2. The van der Waals surface area contributed by atoms with Crippen molar-refractivity contribution in [1.82, 2.24) is 0 Å². The lowest BCUT2D eigenvalue weighted by Crippen LogP contribution is -2.57. The monoisotopic (exact) mass is 332 g/mol. The highest BCUT2D eigenvalue weighted by Gasteiger charge is 2.63. The summed E-state index contributed by atoms with van der Waals surface area (Å²) >= 11 is 0. The van der Waals surface area contributed by atoms with Crippen molar-refractivity contribution in [3.8, 4) is 0 Å². The van der Waals surface area contributed by atoms with Crippen molar-refractivity contribution in [2.24, 2.45) is 40.4 Å². The smallest absolute Gasteiger partial charge is 0.143 e. The van der Waals surface area contributed by atoms with Crippen LogP contribution in [0.25, 0.3) is 0 Å². The van der Waals surface area contributed by atoms with Gasteiger partial charge in [0.05, 0.1) is 11.5 Å². The van der Waals surface area contributed by atoms with Crippen LogP contribution in [0.1, 0.15) is 72.1 Å². The van der Waals surface area contributed by atoms with Crippen LogP contribution in [0.15, 0.2) is 0 Å². The van der Waals surface area contributed by atoms with Crippen LogP contribution in [0, 0.1) is 40.4 Å². The Labute approximate surface area is 145 Å². The number of ketones is 1. The molecule has 3 nitrogen and oxygen atoms in total. The fraction of sp³-hybridized carbons (Fsp3) is 0.905. The average molecular weight is 332 g/mol. The van der Waals surface area contributed by atoms with Crippen LogP contribution >= 0.6 is 0 Å². The number of fused-ring (bicyclic) bond motifs is 5. The van der Waals surface area contributed by atoms with Crippen molar-refractivity contribution >= 4 is 12.1 Å². The zero-order valence-electron chi connectivity index (χ0n) is 15.4. The first-order valence-electron chi connectivity index (χ1n) is 9.93. The summed E-state index contributed by atoms with van der Waals surface area (Å²) in [7, 11) is 0. The molecule has 4 fully saturated rings. The Kier molecular flexibility index (Phi) is 3.60. The Morgan fingerprint density at radius 1 is 1.04 bits per heavy atom. The van der Waals surface area contributed by atoms with Crippen molar-refractivity contribution in [2.75, 3.05) is 0 Å². The number of carbonyl (C=O) groups is 2. The summed E-state index contributed by atoms with van der Waals surface area (Å²) in [6.45, 7) is 6.73. The summed E-state index contributed by atoms with van der Waals surface area (Å²) in [5.74, 6) is 2.17. The Morgan fingerprint density at radius 2 is 1.75 bits per heavy atom. The molecule has 3 heteroatoms. The third-order valence-electron chi connectivity index (χ3n) is 9.31. The Morgan fingerprint density at radius 3 is 2.46 bits per heavy atom. The van der Waals surface area contributed by atoms with Crippen LogP contribution in [0.4, 0.5) is 0 Å². The maximum Gasteiger partial charge on any atom is 0.143 e. The molecule has 0 aromatic rings. The van der Waals surface area contributed by atoms with E-state index in [9.17, 15) is 14.7 Å². The van der Waals surface area contributed by atoms with Gasteiger partial charge in [-0.15, -0.1) is 0 Å². The van der Waals surface area contributed by atoms with Crippen LogP contribution in [-0.2, 0) is 9.59 Å². The topological polar surface area (TPSA) is 54.4 Å². The summed E-state index contributed by atoms with van der Waals surface area (Å²) in [6.07, 6.45) is 8.93. The summed E-state index contributed by atoms with van der Waals surface area (Å²) in [5, 5.41) is 11.0. The second kappa shape index (κ2) is 5.16. The second-order valence-corrected chi connectivity index (χ2v) is 10.0. The van der Waals surface area contributed by atoms with E-state index >= 15 is 0 Å². The van der Waals surface area contributed by atoms with Gasteiger partial charge in [-0.2, -0.15) is 0 Å². The maximum atomic E-state index is 12.2. The predicted octanol–water partition coefficient (Wildman–Crippen LogP) is 3.77. The highest BCUT2D eigenvalue weighted by atomic mass is 16.3. The standard InChI is InChI=1S/C21H32O3/c1-19-11-13(12-22)18(23)10-14(19)4-5-15-16(19)6-8-20(2)17(15)7-9-21(20,3)24/h12-17,24H,4-11H2,1-3H3/t13-,14+,15-,16+,17-,19+,20-,21+/m1/s1. The largest absolute Gasteiger partial charge is 0.390 e. The number of Topliss-reactive ketones (excluding diaryl/α,β-unsaturated/α-hetero) is 1. The van der Waals surface area contributed by atoms with Gasteiger partial charge in [-0.1, -0.05) is 13.8 Å². The van der Waals surface area contributed by atoms with Gasteiger partial charge >= 0.3 is 0 Å². The van der Waals surface area contributed by atoms with E-state index in [4.69, 9.17) is 0 Å². The van der Waals surface area contributed by atoms with Crippen molar-refractivity contribution < 1.29 is 14.7 Å². The highest BCUT2D eigenvalue weighted by molar-refractivity contribution is 5.94. The summed E-state index contributed by atoms with van der Waals surface area (Å²) in [4.78, 5) is 23.6. The van der Waals surface area contributed by atoms with Gasteiger partial charge < -0.3 is 9.90 Å². The molecule has 4 saturated carbocycles. The van der Waals surface area contributed by atoms with Gasteiger partial charge in [-0.25, -0.2) is 0 Å². The van der Waals surface area contributed by atoms with Crippen LogP contribution in [-0.4, -0.2) is 22.8 Å². The van der Waals surface area contributed by atoms with Gasteiger partial charge in [0, 0.05) is 6.42 Å². The van der Waals surface area contributed by atoms with E-state index in [2.05, 4.69) is 13.8 Å². The number of carbonyl (C=O) groups excluding carboxylic acids is 2. The molecule has 0 amide bonds. The van der Waals surface area contributed by atoms with Crippen molar-refractivity contribution in [3.63, 3.8) is 0 Å². The van der Waals surface area contributed by atoms with Gasteiger partial charge in [-0.05, 0) is 86.4 Å². The quantitative estimate of drug-likeness (QED) is 0.587. The Hall–Kier alpha value is -0.700. The SMILES string of the molecule is C[C@]12C[C@H](C=O)C(=O)C[C@@H]1CC[C@H]1[C@H]3CC[C@](C)(O)[C@]3(C)CC[C@@H]12. The predicted molar refractivity (Wildman–Crippen MR) is 92.3 cm³/mol. The highest BCUT2D eigenvalue weighted by Crippen LogP contribution is 2.68. The van der Waals surface area contributed by atoms with Crippen LogP contribution in [0.2, 0.25) is 0 Å². The first kappa shape index (κ1) is 16.8. The molecule has 8 atom stereocenters. The Bertz CT molecular complexity index is 567. The van der Waals surface area contributed by atoms with Crippen molar-refractivity contribution in [1.29, 1.82) is 0 Å². The van der Waals surface area contributed by atoms with Gasteiger partial charge in [0.2, 0.25) is 0 Å². The third kappa shape index (κ3) is 2.00. The van der Waals surface area contributed by atoms with Gasteiger partial charge in [0.15, 0.2) is 0 Å². The van der Waals surface area contributed by atoms with Crippen LogP contribution < -0.4 is 0 Å². The molecule has 0 saturated heterocycles. The fourth-order valence-electron chi connectivity index (χ4n) is 7.54. The first-order valence-corrected chi connectivity index (χ1v) is 9.93. The lowest BCUT2D eigenvalue weighted by Gasteiger charge is -2.61. The van der Waals surface area contributed by atoms with E-state index in [0.717, 1.165) is 44.8 Å². The molecule has 0 radical (unpaired) electrons. The fourth-order valence-corrected chi connectivity index (χ4v) is 7.54. The first-order chi connectivity index (χ1) is 11.2. The van der Waals surface area contributed by atoms with Crippen molar-refractivity contribution in [2.45, 2.75) is 77.7 Å². The molecular weight excluding hydrogens is 300 g/mol. The van der Waals surface area contributed by atoms with E-state index in [-0.39, 0.29) is 22.5 Å². The van der Waals surface area contributed by atoms with E-state index in [0.29, 0.717) is 30.1 Å². The molecule has 0 bridgehead atoms. The van der Waals surface area contributed by atoms with Crippen LogP contribution in [0.5, 0.6) is 0 Å². The van der Waals surface area contributed by atoms with E-state index in [1.165, 1.54) is 6.42 Å². The minimum Gasteiger partial charge on any atom is -0.390 e. The number of hydrogen-bond acceptors (Lipinski definition) is 3. The molecule has 4 aliphatic rings. The van der Waals surface area contributed by atoms with Gasteiger partial charge in [-0.3, -0.25) is 4.79 Å². The average Bonchev–Trinajstić information content (AvgIpc) is 2.77. The lowest BCUT2D eigenvalue weighted by molar-refractivity contribution is -0.159. The van der Waals surface area contributed by atoms with E-state index in [1.807, 2.05) is 6.92 Å². The molecule has 0 heterocycles. The second-order valence-electron chi connectivity index (χ2n) is 10.0. The molecule has 0 unspecified atom stereocenters. The number of hydrogen-bond donors (Lipinski definition) is 1. The number of aliphatic hydroxyl groups is 1. The molecular formula is C21H32O3. The summed E-state index contributed by atoms with van der Waals surface area (Å²) in [5.41, 5.74) is -0.349. The number of aldehydes is 1. The molecule has 4 aliphatic carbocycles. The minimum atomic E-state index is -0.533. The van der Waals surface area contributed by atoms with E-state index in [1.54, 1.807) is 0 Å². The zero-order chi connectivity index (χ0) is 17.3. The summed E-state index contributed by atoms with van der Waals surface area (Å²) < 4.78 is 0. The number of rotatable bonds is 1. The molecule has 1 N–H and O–H groups in total. The van der Waals surface area contributed by atoms with Gasteiger partial charge in [0.1, 0.15) is 12.1 Å². The van der Waals surface area contributed by atoms with Crippen LogP contribution in [0.3, 0.4) is 0 Å². The molecule has 0 spiro atoms. The molecule has 0 aliphatic heterocycles. The third-order valence-corrected chi connectivity index (χ3v) is 9.31. The summed E-state index contributed by atoms with van der Waals surface area (Å²) in [6, 6.07) is 0. The minimum absolute atomic E-state index is 0.0475. The normalized spacial score (nSPS) is 57.0. The lowest BCUT2D eigenvalue weighted by atomic mass is 9.44.